The van der Waals surface area contributed by atoms with Crippen molar-refractivity contribution in [2.75, 3.05) is 0 Å². The van der Waals surface area contributed by atoms with Crippen LogP contribution in [0.3, 0.4) is 0 Å². The van der Waals surface area contributed by atoms with Crippen LogP contribution in [0.15, 0.2) is 0 Å². The number of carbonyl (C=O) groups excluding carboxylic acids is 1. The van der Waals surface area contributed by atoms with Gasteiger partial charge in [-0.2, -0.15) is 5.06 Å². The first-order valence-corrected chi connectivity index (χ1v) is 4.31. The maximum Gasteiger partial charge on any atom is 0.154 e. The summed E-state index contributed by atoms with van der Waals surface area (Å²) in [6.07, 6.45) is 1.29. The number of rotatable bonds is 0. The Labute approximate surface area is 73.3 Å². The van der Waals surface area contributed by atoms with E-state index in [2.05, 4.69) is 0 Å². The topological polar surface area (TPSA) is 40.5 Å². The molecule has 1 aliphatic rings. The third-order valence-electron chi connectivity index (χ3n) is 2.75. The van der Waals surface area contributed by atoms with Crippen LogP contribution in [0.5, 0.6) is 0 Å². The molecule has 3 heteroatoms. The number of ketones is 1. The van der Waals surface area contributed by atoms with Crippen molar-refractivity contribution in [2.24, 2.45) is 0 Å². The molecule has 1 fully saturated rings. The molecular formula is C9H17NO2. The molecule has 0 bridgehead atoms. The van der Waals surface area contributed by atoms with Crippen LogP contribution in [-0.4, -0.2) is 27.1 Å². The molecule has 0 saturated carbocycles. The van der Waals surface area contributed by atoms with Crippen molar-refractivity contribution in [3.05, 3.63) is 0 Å². The molecular weight excluding hydrogens is 154 g/mol. The van der Waals surface area contributed by atoms with Crippen LogP contribution < -0.4 is 0 Å². The Balaban J connectivity index is 2.93. The molecule has 0 aromatic heterocycles. The maximum atomic E-state index is 11.4. The highest BCUT2D eigenvalue weighted by Crippen LogP contribution is 2.33. The third kappa shape index (κ3) is 1.27. The monoisotopic (exact) mass is 171 g/mol. The van der Waals surface area contributed by atoms with Gasteiger partial charge >= 0.3 is 0 Å². The van der Waals surface area contributed by atoms with E-state index in [9.17, 15) is 10.0 Å². The Morgan fingerprint density at radius 2 is 1.83 bits per heavy atom. The Bertz CT molecular complexity index is 209. The van der Waals surface area contributed by atoms with Crippen molar-refractivity contribution in [3.63, 3.8) is 0 Å². The number of hydrogen-bond acceptors (Lipinski definition) is 3. The molecule has 12 heavy (non-hydrogen) atoms. The van der Waals surface area contributed by atoms with Crippen LogP contribution >= 0.6 is 0 Å². The van der Waals surface area contributed by atoms with Gasteiger partial charge in [0, 0.05) is 12.0 Å². The molecule has 0 aliphatic carbocycles. The molecule has 0 amide bonds. The third-order valence-corrected chi connectivity index (χ3v) is 2.75. The first-order valence-electron chi connectivity index (χ1n) is 4.31. The van der Waals surface area contributed by atoms with Gasteiger partial charge < -0.3 is 5.21 Å². The maximum absolute atomic E-state index is 11.4. The van der Waals surface area contributed by atoms with Crippen molar-refractivity contribution < 1.29 is 10.0 Å². The molecule has 0 aromatic rings. The van der Waals surface area contributed by atoms with Crippen molar-refractivity contribution in [1.29, 1.82) is 0 Å². The van der Waals surface area contributed by atoms with Crippen LogP contribution in [0.2, 0.25) is 0 Å². The van der Waals surface area contributed by atoms with Crippen molar-refractivity contribution in [2.45, 2.75) is 51.6 Å². The summed E-state index contributed by atoms with van der Waals surface area (Å²) in [6, 6.07) is 0. The minimum Gasteiger partial charge on any atom is -0.313 e. The van der Waals surface area contributed by atoms with Gasteiger partial charge in [0.2, 0.25) is 0 Å². The Morgan fingerprint density at radius 3 is 2.25 bits per heavy atom. The second kappa shape index (κ2) is 2.54. The van der Waals surface area contributed by atoms with Gasteiger partial charge in [0.15, 0.2) is 5.78 Å². The lowest BCUT2D eigenvalue weighted by molar-refractivity contribution is -0.233. The average molecular weight is 171 g/mol. The van der Waals surface area contributed by atoms with E-state index in [1.165, 1.54) is 5.06 Å². The SMILES string of the molecule is CC1(C)CCC(=O)C(C)(C)N1O. The van der Waals surface area contributed by atoms with Crippen LogP contribution in [0, 0.1) is 0 Å². The van der Waals surface area contributed by atoms with Gasteiger partial charge in [-0.15, -0.1) is 0 Å². The van der Waals surface area contributed by atoms with Gasteiger partial charge in [-0.25, -0.2) is 0 Å². The highest BCUT2D eigenvalue weighted by molar-refractivity contribution is 5.88. The summed E-state index contributed by atoms with van der Waals surface area (Å²) in [7, 11) is 0. The van der Waals surface area contributed by atoms with E-state index in [1.54, 1.807) is 13.8 Å². The highest BCUT2D eigenvalue weighted by Gasteiger charge is 2.46. The molecule has 0 spiro atoms. The van der Waals surface area contributed by atoms with Gasteiger partial charge in [-0.3, -0.25) is 4.79 Å². The molecule has 3 nitrogen and oxygen atoms in total. The van der Waals surface area contributed by atoms with Crippen LogP contribution in [-0.2, 0) is 4.79 Å². The number of carbonyl (C=O) groups is 1. The largest absolute Gasteiger partial charge is 0.313 e. The minimum absolute atomic E-state index is 0.115. The number of Topliss-reactive ketones (excluding diaryl/α,β-unsaturated/α-hetero) is 1. The molecule has 1 saturated heterocycles. The Morgan fingerprint density at radius 1 is 1.33 bits per heavy atom. The zero-order valence-corrected chi connectivity index (χ0v) is 8.22. The van der Waals surface area contributed by atoms with Crippen LogP contribution in [0.4, 0.5) is 0 Å². The van der Waals surface area contributed by atoms with E-state index in [4.69, 9.17) is 0 Å². The summed E-state index contributed by atoms with van der Waals surface area (Å²) in [5.41, 5.74) is -1.00. The second-order valence-electron chi connectivity index (χ2n) is 4.61. The number of hydroxylamine groups is 2. The lowest BCUT2D eigenvalue weighted by atomic mass is 9.81. The average Bonchev–Trinajstić information content (AvgIpc) is 1.96. The second-order valence-corrected chi connectivity index (χ2v) is 4.61. The van der Waals surface area contributed by atoms with Crippen LogP contribution in [0.25, 0.3) is 0 Å². The fourth-order valence-electron chi connectivity index (χ4n) is 1.71. The van der Waals surface area contributed by atoms with Crippen molar-refractivity contribution >= 4 is 5.78 Å². The summed E-state index contributed by atoms with van der Waals surface area (Å²) in [5.74, 6) is 0.115. The quantitative estimate of drug-likeness (QED) is 0.601. The molecule has 0 atom stereocenters. The summed E-state index contributed by atoms with van der Waals surface area (Å²) in [5, 5.41) is 10.9. The van der Waals surface area contributed by atoms with Gasteiger partial charge in [0.1, 0.15) is 0 Å². The van der Waals surface area contributed by atoms with E-state index >= 15 is 0 Å². The molecule has 0 radical (unpaired) electrons. The van der Waals surface area contributed by atoms with Gasteiger partial charge in [-0.05, 0) is 34.1 Å². The van der Waals surface area contributed by atoms with E-state index in [0.29, 0.717) is 6.42 Å². The fraction of sp³-hybridized carbons (Fsp3) is 0.889. The van der Waals surface area contributed by atoms with Gasteiger partial charge in [0.25, 0.3) is 0 Å². The molecule has 1 aliphatic heterocycles. The molecule has 1 heterocycles. The fourth-order valence-corrected chi connectivity index (χ4v) is 1.71. The molecule has 0 aromatic carbocycles. The smallest absolute Gasteiger partial charge is 0.154 e. The van der Waals surface area contributed by atoms with E-state index in [-0.39, 0.29) is 11.3 Å². The van der Waals surface area contributed by atoms with Gasteiger partial charge in [-0.1, -0.05) is 0 Å². The molecule has 1 rings (SSSR count). The zero-order valence-electron chi connectivity index (χ0n) is 8.22. The Hall–Kier alpha value is -0.410. The van der Waals surface area contributed by atoms with Crippen LogP contribution in [0.1, 0.15) is 40.5 Å². The predicted octanol–water partition coefficient (Wildman–Crippen LogP) is 1.60. The summed E-state index contributed by atoms with van der Waals surface area (Å²) in [6.45, 7) is 7.41. The minimum atomic E-state index is -0.720. The lowest BCUT2D eigenvalue weighted by Gasteiger charge is -2.47. The predicted molar refractivity (Wildman–Crippen MR) is 46.0 cm³/mol. The van der Waals surface area contributed by atoms with Crippen molar-refractivity contribution in [1.82, 2.24) is 5.06 Å². The number of nitrogens with zero attached hydrogens (tertiary/aromatic N) is 1. The zero-order chi connectivity index (χ0) is 9.57. The summed E-state index contributed by atoms with van der Waals surface area (Å²) in [4.78, 5) is 11.4. The lowest BCUT2D eigenvalue weighted by Crippen LogP contribution is -2.61. The van der Waals surface area contributed by atoms with E-state index in [1.807, 2.05) is 13.8 Å². The Kier molecular flexibility index (Phi) is 2.05. The number of piperidine rings is 1. The summed E-state index contributed by atoms with van der Waals surface area (Å²) < 4.78 is 0. The van der Waals surface area contributed by atoms with Crippen molar-refractivity contribution in [3.8, 4) is 0 Å². The molecule has 0 unspecified atom stereocenters. The first kappa shape index (κ1) is 9.68. The molecule has 1 N–H and O–H groups in total. The number of hydrogen-bond donors (Lipinski definition) is 1. The normalized spacial score (nSPS) is 28.9. The van der Waals surface area contributed by atoms with E-state index in [0.717, 1.165) is 6.42 Å². The van der Waals surface area contributed by atoms with E-state index < -0.39 is 5.54 Å². The highest BCUT2D eigenvalue weighted by atomic mass is 16.5. The standard InChI is InChI=1S/C9H17NO2/c1-8(2)6-5-7(11)9(3,4)10(8)12/h12H,5-6H2,1-4H3. The van der Waals surface area contributed by atoms with Gasteiger partial charge in [0.05, 0.1) is 5.54 Å². The first-order chi connectivity index (χ1) is 5.28. The molecule has 70 valence electrons. The summed E-state index contributed by atoms with van der Waals surface area (Å²) >= 11 is 0.